The fourth-order valence-corrected chi connectivity index (χ4v) is 3.61. The van der Waals surface area contributed by atoms with Gasteiger partial charge in [-0.25, -0.2) is 4.39 Å². The second-order valence-corrected chi connectivity index (χ2v) is 7.39. The Morgan fingerprint density at radius 3 is 2.60 bits per heavy atom. The van der Waals surface area contributed by atoms with Crippen molar-refractivity contribution in [2.45, 2.75) is 18.9 Å². The number of halogens is 2. The van der Waals surface area contributed by atoms with E-state index in [2.05, 4.69) is 10.1 Å². The highest BCUT2D eigenvalue weighted by molar-refractivity contribution is 6.30. The summed E-state index contributed by atoms with van der Waals surface area (Å²) < 4.78 is 29.3. The van der Waals surface area contributed by atoms with E-state index >= 15 is 0 Å². The van der Waals surface area contributed by atoms with Gasteiger partial charge in [-0.15, -0.1) is 0 Å². The second kappa shape index (κ2) is 8.31. The first-order valence-corrected chi connectivity index (χ1v) is 9.63. The monoisotopic (exact) mass is 431 g/mol. The minimum absolute atomic E-state index is 0.0325. The van der Waals surface area contributed by atoms with Crippen molar-refractivity contribution in [3.8, 4) is 23.0 Å². The molecule has 1 aliphatic rings. The molecule has 0 N–H and O–H groups in total. The number of nitrogens with zero attached hydrogens (tertiary/aromatic N) is 3. The van der Waals surface area contributed by atoms with Gasteiger partial charge in [0.15, 0.2) is 5.82 Å². The number of rotatable bonds is 6. The van der Waals surface area contributed by atoms with Crippen LogP contribution in [0, 0.1) is 5.82 Å². The number of methoxy groups -OCH3 is 2. The lowest BCUT2D eigenvalue weighted by Crippen LogP contribution is -2.24. The van der Waals surface area contributed by atoms with Gasteiger partial charge < -0.3 is 18.9 Å². The number of benzene rings is 2. The Morgan fingerprint density at radius 1 is 1.20 bits per heavy atom. The lowest BCUT2D eigenvalue weighted by atomic mass is 10.1. The fourth-order valence-electron chi connectivity index (χ4n) is 3.41. The molecule has 0 saturated carbocycles. The van der Waals surface area contributed by atoms with Crippen molar-refractivity contribution in [1.82, 2.24) is 15.0 Å². The largest absolute Gasteiger partial charge is 0.497 e. The van der Waals surface area contributed by atoms with Gasteiger partial charge in [0.25, 0.3) is 5.89 Å². The molecule has 0 radical (unpaired) electrons. The SMILES string of the molecule is COc1cc(OC)cc(-c2nc(C3CC(=O)N(Cc4ccc(F)c(Cl)c4)C3)no2)c1. The highest BCUT2D eigenvalue weighted by Gasteiger charge is 2.34. The van der Waals surface area contributed by atoms with E-state index in [4.69, 9.17) is 25.6 Å². The third-order valence-electron chi connectivity index (χ3n) is 4.98. The summed E-state index contributed by atoms with van der Waals surface area (Å²) in [6, 6.07) is 9.72. The van der Waals surface area contributed by atoms with Crippen LogP contribution in [-0.4, -0.2) is 41.7 Å². The molecule has 1 aliphatic heterocycles. The van der Waals surface area contributed by atoms with Gasteiger partial charge in [0, 0.05) is 37.1 Å². The molecule has 156 valence electrons. The predicted molar refractivity (Wildman–Crippen MR) is 107 cm³/mol. The maximum Gasteiger partial charge on any atom is 0.258 e. The first kappa shape index (κ1) is 20.2. The van der Waals surface area contributed by atoms with Gasteiger partial charge in [-0.05, 0) is 29.8 Å². The highest BCUT2D eigenvalue weighted by Crippen LogP contribution is 2.32. The summed E-state index contributed by atoms with van der Waals surface area (Å²) in [6.07, 6.45) is 0.273. The van der Waals surface area contributed by atoms with Crippen LogP contribution in [0.1, 0.15) is 23.7 Å². The summed E-state index contributed by atoms with van der Waals surface area (Å²) in [5.41, 5.74) is 1.42. The molecule has 7 nitrogen and oxygen atoms in total. The minimum Gasteiger partial charge on any atom is -0.497 e. The van der Waals surface area contributed by atoms with Crippen LogP contribution in [0.4, 0.5) is 4.39 Å². The molecule has 1 saturated heterocycles. The number of aromatic nitrogens is 2. The van der Waals surface area contributed by atoms with Crippen LogP contribution in [0.2, 0.25) is 5.02 Å². The molecule has 0 bridgehead atoms. The van der Waals surface area contributed by atoms with Gasteiger partial charge in [0.1, 0.15) is 17.3 Å². The number of ether oxygens (including phenoxy) is 2. The molecular weight excluding hydrogens is 413 g/mol. The van der Waals surface area contributed by atoms with E-state index in [9.17, 15) is 9.18 Å². The van der Waals surface area contributed by atoms with Crippen molar-refractivity contribution in [3.05, 3.63) is 58.6 Å². The van der Waals surface area contributed by atoms with Gasteiger partial charge in [-0.2, -0.15) is 4.98 Å². The Bertz CT molecular complexity index is 1070. The zero-order valence-electron chi connectivity index (χ0n) is 16.4. The van der Waals surface area contributed by atoms with Crippen molar-refractivity contribution >= 4 is 17.5 Å². The summed E-state index contributed by atoms with van der Waals surface area (Å²) in [5.74, 6) is 1.26. The Kier molecular flexibility index (Phi) is 5.59. The van der Waals surface area contributed by atoms with Gasteiger partial charge in [-0.1, -0.05) is 22.8 Å². The predicted octanol–water partition coefficient (Wildman–Crippen LogP) is 4.06. The normalized spacial score (nSPS) is 16.2. The van der Waals surface area contributed by atoms with Crippen molar-refractivity contribution < 1.29 is 23.2 Å². The molecule has 1 fully saturated rings. The van der Waals surface area contributed by atoms with E-state index in [1.165, 1.54) is 12.1 Å². The average Bonchev–Trinajstić information content (AvgIpc) is 3.37. The lowest BCUT2D eigenvalue weighted by molar-refractivity contribution is -0.128. The average molecular weight is 432 g/mol. The maximum atomic E-state index is 13.4. The standard InChI is InChI=1S/C21H19ClFN3O4/c1-28-15-6-13(7-16(9-15)29-2)21-24-20(25-30-21)14-8-19(27)26(11-14)10-12-3-4-18(23)17(22)5-12/h3-7,9,14H,8,10-11H2,1-2H3. The van der Waals surface area contributed by atoms with E-state index in [0.717, 1.165) is 5.56 Å². The molecule has 1 amide bonds. The zero-order chi connectivity index (χ0) is 21.3. The Hall–Kier alpha value is -3.13. The van der Waals surface area contributed by atoms with Crippen LogP contribution in [0.15, 0.2) is 40.9 Å². The molecule has 1 atom stereocenters. The Morgan fingerprint density at radius 2 is 1.93 bits per heavy atom. The summed E-state index contributed by atoms with van der Waals surface area (Å²) in [5, 5.41) is 4.10. The molecule has 9 heteroatoms. The van der Waals surface area contributed by atoms with Gasteiger partial charge in [0.2, 0.25) is 5.91 Å². The molecule has 0 aliphatic carbocycles. The van der Waals surface area contributed by atoms with Crippen molar-refractivity contribution in [1.29, 1.82) is 0 Å². The topological polar surface area (TPSA) is 77.7 Å². The van der Waals surface area contributed by atoms with E-state index < -0.39 is 5.82 Å². The van der Waals surface area contributed by atoms with Crippen LogP contribution in [0.3, 0.4) is 0 Å². The van der Waals surface area contributed by atoms with Crippen molar-refractivity contribution in [3.63, 3.8) is 0 Å². The smallest absolute Gasteiger partial charge is 0.258 e. The van der Waals surface area contributed by atoms with E-state index in [1.807, 2.05) is 0 Å². The molecule has 30 heavy (non-hydrogen) atoms. The van der Waals surface area contributed by atoms with Crippen LogP contribution < -0.4 is 9.47 Å². The Labute approximate surface area is 177 Å². The van der Waals surface area contributed by atoms with Crippen molar-refractivity contribution in [2.75, 3.05) is 20.8 Å². The number of hydrogen-bond acceptors (Lipinski definition) is 6. The van der Waals surface area contributed by atoms with Gasteiger partial charge >= 0.3 is 0 Å². The summed E-state index contributed by atoms with van der Waals surface area (Å²) in [7, 11) is 3.12. The van der Waals surface area contributed by atoms with Crippen LogP contribution in [-0.2, 0) is 11.3 Å². The number of hydrogen-bond donors (Lipinski definition) is 0. The number of likely N-dealkylation sites (tertiary alicyclic amines) is 1. The zero-order valence-corrected chi connectivity index (χ0v) is 17.1. The van der Waals surface area contributed by atoms with Crippen molar-refractivity contribution in [2.24, 2.45) is 0 Å². The molecular formula is C21H19ClFN3O4. The molecule has 4 rings (SSSR count). The molecule has 3 aromatic rings. The van der Waals surface area contributed by atoms with Gasteiger partial charge in [-0.3, -0.25) is 4.79 Å². The van der Waals surface area contributed by atoms with E-state index in [-0.39, 0.29) is 23.3 Å². The van der Waals surface area contributed by atoms with E-state index in [0.29, 0.717) is 41.9 Å². The summed E-state index contributed by atoms with van der Waals surface area (Å²) >= 11 is 5.84. The number of carbonyl (C=O) groups excluding carboxylic acids is 1. The first-order chi connectivity index (χ1) is 14.5. The fraction of sp³-hybridized carbons (Fsp3) is 0.286. The lowest BCUT2D eigenvalue weighted by Gasteiger charge is -2.16. The number of amides is 1. The second-order valence-electron chi connectivity index (χ2n) is 6.98. The molecule has 1 aromatic heterocycles. The van der Waals surface area contributed by atoms with Gasteiger partial charge in [0.05, 0.1) is 19.2 Å². The summed E-state index contributed by atoms with van der Waals surface area (Å²) in [4.78, 5) is 18.6. The Balaban J connectivity index is 1.50. The van der Waals surface area contributed by atoms with Crippen LogP contribution >= 0.6 is 11.6 Å². The molecule has 2 heterocycles. The highest BCUT2D eigenvalue weighted by atomic mass is 35.5. The molecule has 2 aromatic carbocycles. The summed E-state index contributed by atoms with van der Waals surface area (Å²) in [6.45, 7) is 0.779. The quantitative estimate of drug-likeness (QED) is 0.585. The van der Waals surface area contributed by atoms with E-state index in [1.54, 1.807) is 43.4 Å². The molecule has 1 unspecified atom stereocenters. The molecule has 0 spiro atoms. The van der Waals surface area contributed by atoms with Crippen LogP contribution in [0.5, 0.6) is 11.5 Å². The maximum absolute atomic E-state index is 13.4. The third-order valence-corrected chi connectivity index (χ3v) is 5.27. The third kappa shape index (κ3) is 4.09. The first-order valence-electron chi connectivity index (χ1n) is 9.25. The number of carbonyl (C=O) groups is 1. The minimum atomic E-state index is -0.487. The van der Waals surface area contributed by atoms with Crippen LogP contribution in [0.25, 0.3) is 11.5 Å².